The summed E-state index contributed by atoms with van der Waals surface area (Å²) in [6, 6.07) is 5.37. The van der Waals surface area contributed by atoms with Crippen molar-refractivity contribution in [3.63, 3.8) is 0 Å². The van der Waals surface area contributed by atoms with E-state index < -0.39 is 0 Å². The number of hydrogen-bond acceptors (Lipinski definition) is 6. The van der Waals surface area contributed by atoms with Gasteiger partial charge in [-0.1, -0.05) is 0 Å². The Morgan fingerprint density at radius 3 is 2.89 bits per heavy atom. The van der Waals surface area contributed by atoms with E-state index in [-0.39, 0.29) is 18.2 Å². The topological polar surface area (TPSA) is 91.4 Å². The molecule has 1 aromatic carbocycles. The van der Waals surface area contributed by atoms with Crippen molar-refractivity contribution in [1.82, 2.24) is 19.3 Å². The number of Topliss-reactive ketones (excluding diaryl/α,β-unsaturated/α-hetero) is 1. The summed E-state index contributed by atoms with van der Waals surface area (Å²) in [5.74, 6) is 0.378. The molecule has 0 aliphatic carbocycles. The van der Waals surface area contributed by atoms with Crippen molar-refractivity contribution < 1.29 is 14.3 Å². The fraction of sp³-hybridized carbons (Fsp3) is 0.278. The molecule has 0 aliphatic rings. The molecule has 3 rings (SSSR count). The van der Waals surface area contributed by atoms with Crippen molar-refractivity contribution in [2.75, 3.05) is 6.61 Å². The molecule has 3 aromatic rings. The Bertz CT molecular complexity index is 1000. The maximum atomic E-state index is 12.2. The second-order valence-electron chi connectivity index (χ2n) is 5.72. The number of ether oxygens (including phenoxy) is 1. The molecular formula is C18H19N5O3S. The van der Waals surface area contributed by atoms with Gasteiger partial charge in [0.25, 0.3) is 5.91 Å². The molecule has 2 aromatic heterocycles. The van der Waals surface area contributed by atoms with Crippen LogP contribution in [-0.2, 0) is 17.9 Å². The van der Waals surface area contributed by atoms with Gasteiger partial charge in [0.05, 0.1) is 13.2 Å². The third kappa shape index (κ3) is 4.76. The van der Waals surface area contributed by atoms with Gasteiger partial charge in [-0.15, -0.1) is 11.3 Å². The highest BCUT2D eigenvalue weighted by Gasteiger charge is 2.10. The van der Waals surface area contributed by atoms with Crippen LogP contribution in [0.25, 0.3) is 0 Å². The van der Waals surface area contributed by atoms with E-state index in [9.17, 15) is 9.59 Å². The van der Waals surface area contributed by atoms with Gasteiger partial charge in [0, 0.05) is 22.7 Å². The minimum atomic E-state index is -0.320. The summed E-state index contributed by atoms with van der Waals surface area (Å²) in [6.45, 7) is 4.43. The molecule has 2 heterocycles. The maximum Gasteiger partial charge on any atom is 0.270 e. The quantitative estimate of drug-likeness (QED) is 0.580. The highest BCUT2D eigenvalue weighted by Crippen LogP contribution is 2.21. The first-order chi connectivity index (χ1) is 13.1. The number of benzene rings is 1. The molecule has 0 unspecified atom stereocenters. The normalized spacial score (nSPS) is 11.6. The Kier molecular flexibility index (Phi) is 5.92. The fourth-order valence-electron chi connectivity index (χ4n) is 2.50. The van der Waals surface area contributed by atoms with Gasteiger partial charge in [0.1, 0.15) is 24.9 Å². The molecule has 9 heteroatoms. The van der Waals surface area contributed by atoms with E-state index in [4.69, 9.17) is 4.74 Å². The van der Waals surface area contributed by atoms with Gasteiger partial charge >= 0.3 is 0 Å². The predicted molar refractivity (Wildman–Crippen MR) is 99.6 cm³/mol. The van der Waals surface area contributed by atoms with Crippen molar-refractivity contribution in [3.05, 3.63) is 58.4 Å². The van der Waals surface area contributed by atoms with Crippen LogP contribution in [0.1, 0.15) is 29.8 Å². The molecule has 0 saturated heterocycles. The molecule has 0 saturated carbocycles. The van der Waals surface area contributed by atoms with E-state index in [0.717, 1.165) is 5.56 Å². The van der Waals surface area contributed by atoms with Crippen LogP contribution in [0.2, 0.25) is 0 Å². The molecule has 0 atom stereocenters. The second kappa shape index (κ2) is 8.54. The standard InChI is InChI=1S/C18H19N5O3S/c1-3-26-16-5-4-14(13(2)24)8-15(16)9-22-6-7-27-18(22)21-17(25)10-23-12-19-11-20-23/h4-8,11-12H,3,9-10H2,1-2H3. The lowest BCUT2D eigenvalue weighted by Crippen LogP contribution is -2.19. The fourth-order valence-corrected chi connectivity index (χ4v) is 3.25. The predicted octanol–water partition coefficient (Wildman–Crippen LogP) is 1.92. The van der Waals surface area contributed by atoms with E-state index in [1.54, 1.807) is 12.1 Å². The summed E-state index contributed by atoms with van der Waals surface area (Å²) in [6.07, 6.45) is 4.69. The number of carbonyl (C=O) groups excluding carboxylic acids is 2. The molecule has 0 N–H and O–H groups in total. The molecule has 0 aliphatic heterocycles. The number of thiazole rings is 1. The van der Waals surface area contributed by atoms with E-state index in [1.807, 2.05) is 29.1 Å². The van der Waals surface area contributed by atoms with Gasteiger partial charge in [-0.2, -0.15) is 10.1 Å². The Morgan fingerprint density at radius 1 is 1.33 bits per heavy atom. The number of carbonyl (C=O) groups is 2. The lowest BCUT2D eigenvalue weighted by Gasteiger charge is -2.12. The highest BCUT2D eigenvalue weighted by atomic mass is 32.1. The minimum absolute atomic E-state index is 0.0115. The average molecular weight is 385 g/mol. The molecular weight excluding hydrogens is 366 g/mol. The summed E-state index contributed by atoms with van der Waals surface area (Å²) in [5.41, 5.74) is 1.47. The average Bonchev–Trinajstić information content (AvgIpc) is 3.29. The molecule has 140 valence electrons. The molecule has 0 fully saturated rings. The van der Waals surface area contributed by atoms with Crippen molar-refractivity contribution >= 4 is 23.0 Å². The Hall–Kier alpha value is -3.07. The molecule has 0 spiro atoms. The van der Waals surface area contributed by atoms with E-state index in [0.29, 0.717) is 29.3 Å². The molecule has 0 bridgehead atoms. The molecule has 27 heavy (non-hydrogen) atoms. The van der Waals surface area contributed by atoms with Crippen LogP contribution < -0.4 is 9.54 Å². The van der Waals surface area contributed by atoms with Crippen molar-refractivity contribution in [3.8, 4) is 5.75 Å². The first kappa shape index (κ1) is 18.7. The number of amides is 1. The number of ketones is 1. The summed E-state index contributed by atoms with van der Waals surface area (Å²) in [5, 5.41) is 5.76. The van der Waals surface area contributed by atoms with Crippen LogP contribution in [0.3, 0.4) is 0 Å². The maximum absolute atomic E-state index is 12.2. The highest BCUT2D eigenvalue weighted by molar-refractivity contribution is 7.07. The SMILES string of the molecule is CCOc1ccc(C(C)=O)cc1Cn1ccsc1=NC(=O)Cn1cncn1. The summed E-state index contributed by atoms with van der Waals surface area (Å²) in [4.78, 5) is 32.4. The molecule has 8 nitrogen and oxygen atoms in total. The zero-order valence-electron chi connectivity index (χ0n) is 15.0. The summed E-state index contributed by atoms with van der Waals surface area (Å²) < 4.78 is 8.95. The Balaban J connectivity index is 1.87. The van der Waals surface area contributed by atoms with Crippen LogP contribution in [0.15, 0.2) is 47.4 Å². The van der Waals surface area contributed by atoms with Crippen molar-refractivity contribution in [2.24, 2.45) is 4.99 Å². The lowest BCUT2D eigenvalue weighted by molar-refractivity contribution is -0.118. The summed E-state index contributed by atoms with van der Waals surface area (Å²) in [7, 11) is 0. The molecule has 0 radical (unpaired) electrons. The first-order valence-corrected chi connectivity index (χ1v) is 9.25. The largest absolute Gasteiger partial charge is 0.494 e. The van der Waals surface area contributed by atoms with Crippen molar-refractivity contribution in [1.29, 1.82) is 0 Å². The number of hydrogen-bond donors (Lipinski definition) is 0. The monoisotopic (exact) mass is 385 g/mol. The van der Waals surface area contributed by atoms with Crippen LogP contribution in [0.4, 0.5) is 0 Å². The van der Waals surface area contributed by atoms with Gasteiger partial charge < -0.3 is 9.30 Å². The van der Waals surface area contributed by atoms with Crippen molar-refractivity contribution in [2.45, 2.75) is 26.9 Å². The van der Waals surface area contributed by atoms with Crippen LogP contribution in [0, 0.1) is 0 Å². The third-order valence-corrected chi connectivity index (χ3v) is 4.55. The Morgan fingerprint density at radius 2 is 2.19 bits per heavy atom. The van der Waals surface area contributed by atoms with E-state index in [2.05, 4.69) is 15.1 Å². The van der Waals surface area contributed by atoms with E-state index in [1.165, 1.54) is 35.6 Å². The zero-order valence-corrected chi connectivity index (χ0v) is 15.8. The van der Waals surface area contributed by atoms with Crippen LogP contribution in [-0.4, -0.2) is 37.6 Å². The number of rotatable bonds is 7. The van der Waals surface area contributed by atoms with Gasteiger partial charge in [0.2, 0.25) is 0 Å². The lowest BCUT2D eigenvalue weighted by atomic mass is 10.1. The van der Waals surface area contributed by atoms with Gasteiger partial charge in [0.15, 0.2) is 10.6 Å². The first-order valence-electron chi connectivity index (χ1n) is 8.37. The van der Waals surface area contributed by atoms with E-state index >= 15 is 0 Å². The van der Waals surface area contributed by atoms with Crippen LogP contribution in [0.5, 0.6) is 5.75 Å². The number of nitrogens with zero attached hydrogens (tertiary/aromatic N) is 5. The van der Waals surface area contributed by atoms with Crippen LogP contribution >= 0.6 is 11.3 Å². The smallest absolute Gasteiger partial charge is 0.270 e. The second-order valence-corrected chi connectivity index (χ2v) is 6.60. The summed E-state index contributed by atoms with van der Waals surface area (Å²) >= 11 is 1.36. The van der Waals surface area contributed by atoms with Gasteiger partial charge in [-0.25, -0.2) is 9.67 Å². The third-order valence-electron chi connectivity index (χ3n) is 3.75. The van der Waals surface area contributed by atoms with Gasteiger partial charge in [-0.3, -0.25) is 9.59 Å². The molecule has 1 amide bonds. The zero-order chi connectivity index (χ0) is 19.2. The minimum Gasteiger partial charge on any atom is -0.494 e. The number of aromatic nitrogens is 4. The Labute approximate surface area is 159 Å². The van der Waals surface area contributed by atoms with Gasteiger partial charge in [-0.05, 0) is 32.0 Å².